The van der Waals surface area contributed by atoms with Crippen molar-refractivity contribution in [1.29, 1.82) is 0 Å². The Labute approximate surface area is 156 Å². The van der Waals surface area contributed by atoms with Gasteiger partial charge in [0.15, 0.2) is 7.14 Å². The van der Waals surface area contributed by atoms with E-state index in [0.29, 0.717) is 5.30 Å². The number of hydrogen-bond acceptors (Lipinski definition) is 2. The SMILES string of the molecule is O=C(c1c(Cl)cccc1Cl)P(=O)(Cc1ccccc1)c1ccccc1. The van der Waals surface area contributed by atoms with Crippen LogP contribution in [0, 0.1) is 0 Å². The summed E-state index contributed by atoms with van der Waals surface area (Å²) >= 11 is 12.4. The van der Waals surface area contributed by atoms with E-state index in [2.05, 4.69) is 0 Å². The molecule has 0 aliphatic rings. The zero-order chi connectivity index (χ0) is 17.9. The smallest absolute Gasteiger partial charge is 0.229 e. The molecule has 3 aromatic carbocycles. The summed E-state index contributed by atoms with van der Waals surface area (Å²) in [6.07, 6.45) is 0.123. The Kier molecular flexibility index (Phi) is 5.44. The van der Waals surface area contributed by atoms with Gasteiger partial charge in [-0.25, -0.2) is 0 Å². The molecule has 0 bridgehead atoms. The van der Waals surface area contributed by atoms with Crippen LogP contribution < -0.4 is 5.30 Å². The molecule has 2 nitrogen and oxygen atoms in total. The van der Waals surface area contributed by atoms with Crippen LogP contribution in [0.3, 0.4) is 0 Å². The van der Waals surface area contributed by atoms with Crippen LogP contribution in [-0.2, 0) is 10.7 Å². The van der Waals surface area contributed by atoms with Gasteiger partial charge in [-0.1, -0.05) is 89.9 Å². The third-order valence-electron chi connectivity index (χ3n) is 3.93. The summed E-state index contributed by atoms with van der Waals surface area (Å²) < 4.78 is 13.9. The molecular weight excluding hydrogens is 374 g/mol. The van der Waals surface area contributed by atoms with Crippen LogP contribution in [0.1, 0.15) is 15.9 Å². The molecule has 0 aliphatic heterocycles. The zero-order valence-electron chi connectivity index (χ0n) is 13.2. The van der Waals surface area contributed by atoms with E-state index in [4.69, 9.17) is 23.2 Å². The summed E-state index contributed by atoms with van der Waals surface area (Å²) in [5.41, 5.74) is 0.429. The van der Waals surface area contributed by atoms with Gasteiger partial charge in [0.25, 0.3) is 0 Å². The van der Waals surface area contributed by atoms with Crippen LogP contribution in [0.2, 0.25) is 10.0 Å². The minimum Gasteiger partial charge on any atom is -0.310 e. The van der Waals surface area contributed by atoms with Crippen LogP contribution in [0.25, 0.3) is 0 Å². The van der Waals surface area contributed by atoms with Crippen LogP contribution in [0.15, 0.2) is 78.9 Å². The first-order valence-corrected chi connectivity index (χ1v) is 10.3. The standard InChI is InChI=1S/C20H15Cl2O2P/c21-17-12-7-13-18(22)19(17)20(23)25(24,16-10-5-2-6-11-16)14-15-8-3-1-4-9-15/h1-13H,14H2. The highest BCUT2D eigenvalue weighted by molar-refractivity contribution is 7.86. The van der Waals surface area contributed by atoms with Gasteiger partial charge in [0.2, 0.25) is 5.52 Å². The molecule has 0 saturated carbocycles. The highest BCUT2D eigenvalue weighted by Crippen LogP contribution is 2.52. The van der Waals surface area contributed by atoms with Gasteiger partial charge < -0.3 is 4.57 Å². The molecule has 0 saturated heterocycles. The Hall–Kier alpha value is -1.86. The average molecular weight is 389 g/mol. The fraction of sp³-hybridized carbons (Fsp3) is 0.0500. The van der Waals surface area contributed by atoms with Gasteiger partial charge in [-0.2, -0.15) is 0 Å². The van der Waals surface area contributed by atoms with E-state index in [9.17, 15) is 9.36 Å². The van der Waals surface area contributed by atoms with Crippen LogP contribution in [0.5, 0.6) is 0 Å². The first-order chi connectivity index (χ1) is 12.0. The second-order valence-corrected chi connectivity index (χ2v) is 9.15. The lowest BCUT2D eigenvalue weighted by atomic mass is 10.2. The molecule has 0 N–H and O–H groups in total. The molecule has 0 amide bonds. The van der Waals surface area contributed by atoms with Gasteiger partial charge in [0, 0.05) is 11.5 Å². The van der Waals surface area contributed by atoms with Crippen molar-refractivity contribution in [3.05, 3.63) is 100 Å². The summed E-state index contributed by atoms with van der Waals surface area (Å²) in [4.78, 5) is 13.3. The summed E-state index contributed by atoms with van der Waals surface area (Å²) in [5, 5.41) is 0.920. The summed E-state index contributed by atoms with van der Waals surface area (Å²) in [6, 6.07) is 22.9. The first kappa shape index (κ1) is 17.9. The number of halogens is 2. The second-order valence-electron chi connectivity index (χ2n) is 5.62. The van der Waals surface area contributed by atoms with Gasteiger partial charge in [-0.15, -0.1) is 0 Å². The zero-order valence-corrected chi connectivity index (χ0v) is 15.6. The molecule has 0 heterocycles. The van der Waals surface area contributed by atoms with Crippen LogP contribution in [-0.4, -0.2) is 5.52 Å². The molecule has 3 rings (SSSR count). The summed E-state index contributed by atoms with van der Waals surface area (Å²) in [7, 11) is -3.47. The van der Waals surface area contributed by atoms with Crippen molar-refractivity contribution in [2.24, 2.45) is 0 Å². The molecule has 0 fully saturated rings. The Morgan fingerprint density at radius 3 is 1.84 bits per heavy atom. The maximum absolute atomic E-state index is 13.9. The number of benzene rings is 3. The lowest BCUT2D eigenvalue weighted by Crippen LogP contribution is -2.16. The third kappa shape index (κ3) is 3.72. The van der Waals surface area contributed by atoms with Crippen molar-refractivity contribution < 1.29 is 9.36 Å². The van der Waals surface area contributed by atoms with Crippen LogP contribution >= 0.6 is 30.3 Å². The van der Waals surface area contributed by atoms with Gasteiger partial charge >= 0.3 is 0 Å². The molecule has 5 heteroatoms. The lowest BCUT2D eigenvalue weighted by Gasteiger charge is -2.19. The molecule has 0 spiro atoms. The quantitative estimate of drug-likeness (QED) is 0.500. The van der Waals surface area contributed by atoms with Crippen molar-refractivity contribution in [3.63, 3.8) is 0 Å². The molecule has 1 unspecified atom stereocenters. The minimum absolute atomic E-state index is 0.119. The van der Waals surface area contributed by atoms with E-state index >= 15 is 0 Å². The number of hydrogen-bond donors (Lipinski definition) is 0. The topological polar surface area (TPSA) is 34.1 Å². The molecule has 0 aromatic heterocycles. The van der Waals surface area contributed by atoms with E-state index < -0.39 is 12.7 Å². The number of carbonyl (C=O) groups excluding carboxylic acids is 1. The minimum atomic E-state index is -3.47. The first-order valence-electron chi connectivity index (χ1n) is 7.70. The van der Waals surface area contributed by atoms with Crippen molar-refractivity contribution >= 4 is 41.2 Å². The van der Waals surface area contributed by atoms with Gasteiger partial charge in [-0.3, -0.25) is 4.79 Å². The Bertz CT molecular complexity index is 920. The number of rotatable bonds is 5. The highest BCUT2D eigenvalue weighted by Gasteiger charge is 2.36. The highest BCUT2D eigenvalue weighted by atomic mass is 35.5. The number of carbonyl (C=O) groups is 1. The maximum Gasteiger partial charge on any atom is 0.229 e. The van der Waals surface area contributed by atoms with Crippen molar-refractivity contribution in [1.82, 2.24) is 0 Å². The van der Waals surface area contributed by atoms with Gasteiger partial charge in [-0.05, 0) is 17.7 Å². The Balaban J connectivity index is 2.15. The largest absolute Gasteiger partial charge is 0.310 e. The molecule has 0 radical (unpaired) electrons. The average Bonchev–Trinajstić information content (AvgIpc) is 2.63. The molecular formula is C20H15Cl2O2P. The fourth-order valence-electron chi connectivity index (χ4n) is 2.67. The third-order valence-corrected chi connectivity index (χ3v) is 7.38. The summed E-state index contributed by atoms with van der Waals surface area (Å²) in [6.45, 7) is 0. The van der Waals surface area contributed by atoms with Crippen molar-refractivity contribution in [2.75, 3.05) is 0 Å². The van der Waals surface area contributed by atoms with E-state index in [-0.39, 0.29) is 21.8 Å². The molecule has 3 aromatic rings. The van der Waals surface area contributed by atoms with E-state index in [0.717, 1.165) is 5.56 Å². The molecule has 25 heavy (non-hydrogen) atoms. The van der Waals surface area contributed by atoms with Crippen molar-refractivity contribution in [3.8, 4) is 0 Å². The second kappa shape index (κ2) is 7.58. The molecule has 0 aliphatic carbocycles. The lowest BCUT2D eigenvalue weighted by molar-refractivity contribution is 0.107. The molecule has 126 valence electrons. The molecule has 1 atom stereocenters. The Morgan fingerprint density at radius 1 is 0.760 bits per heavy atom. The van der Waals surface area contributed by atoms with Crippen molar-refractivity contribution in [2.45, 2.75) is 6.16 Å². The Morgan fingerprint density at radius 2 is 1.28 bits per heavy atom. The predicted octanol–water partition coefficient (Wildman–Crippen LogP) is 6.02. The predicted molar refractivity (Wildman–Crippen MR) is 105 cm³/mol. The van der Waals surface area contributed by atoms with E-state index in [1.54, 1.807) is 42.5 Å². The maximum atomic E-state index is 13.9. The normalized spacial score (nSPS) is 13.2. The fourth-order valence-corrected chi connectivity index (χ4v) is 5.91. The van der Waals surface area contributed by atoms with E-state index in [1.807, 2.05) is 36.4 Å². The monoisotopic (exact) mass is 388 g/mol. The van der Waals surface area contributed by atoms with Gasteiger partial charge in [0.05, 0.1) is 15.6 Å². The van der Waals surface area contributed by atoms with Gasteiger partial charge in [0.1, 0.15) is 0 Å². The summed E-state index contributed by atoms with van der Waals surface area (Å²) in [5.74, 6) is 0. The van der Waals surface area contributed by atoms with Crippen LogP contribution in [0.4, 0.5) is 0 Å². The van der Waals surface area contributed by atoms with E-state index in [1.165, 1.54) is 0 Å².